The molecule has 0 N–H and O–H groups in total. The van der Waals surface area contributed by atoms with Crippen LogP contribution in [0.2, 0.25) is 0 Å². The number of likely N-dealkylation sites (tertiary alicyclic amines) is 2. The van der Waals surface area contributed by atoms with Gasteiger partial charge in [-0.3, -0.25) is 9.59 Å². The highest BCUT2D eigenvalue weighted by molar-refractivity contribution is 5.98. The molecular formula is C17H24N2O3. The minimum absolute atomic E-state index is 0.0633. The number of aryl methyl sites for hydroxylation is 2. The van der Waals surface area contributed by atoms with E-state index >= 15 is 0 Å². The summed E-state index contributed by atoms with van der Waals surface area (Å²) in [5.74, 6) is 1.44. The molecule has 1 unspecified atom stereocenters. The fourth-order valence-electron chi connectivity index (χ4n) is 3.58. The lowest BCUT2D eigenvalue weighted by molar-refractivity contribution is -0.136. The SMILES string of the molecule is Cc1cc(C(=O)N2CCCCC2C(=O)N2CCCC2)c(C)o1. The average molecular weight is 304 g/mol. The van der Waals surface area contributed by atoms with Crippen LogP contribution in [0, 0.1) is 13.8 Å². The van der Waals surface area contributed by atoms with Crippen molar-refractivity contribution in [2.24, 2.45) is 0 Å². The molecule has 0 aliphatic carbocycles. The van der Waals surface area contributed by atoms with Crippen molar-refractivity contribution in [2.75, 3.05) is 19.6 Å². The van der Waals surface area contributed by atoms with E-state index in [1.165, 1.54) is 0 Å². The molecule has 0 spiro atoms. The summed E-state index contributed by atoms with van der Waals surface area (Å²) in [6.07, 6.45) is 4.90. The van der Waals surface area contributed by atoms with Crippen LogP contribution < -0.4 is 0 Å². The normalized spacial score (nSPS) is 22.2. The number of carbonyl (C=O) groups excluding carboxylic acids is 2. The molecule has 2 aliphatic rings. The number of furan rings is 1. The van der Waals surface area contributed by atoms with E-state index in [-0.39, 0.29) is 17.9 Å². The molecule has 120 valence electrons. The second-order valence-corrected chi connectivity index (χ2v) is 6.37. The highest BCUT2D eigenvalue weighted by Gasteiger charge is 2.36. The summed E-state index contributed by atoms with van der Waals surface area (Å²) in [6.45, 7) is 5.98. The van der Waals surface area contributed by atoms with Gasteiger partial charge in [-0.15, -0.1) is 0 Å². The van der Waals surface area contributed by atoms with Crippen LogP contribution >= 0.6 is 0 Å². The second-order valence-electron chi connectivity index (χ2n) is 6.37. The summed E-state index contributed by atoms with van der Waals surface area (Å²) in [6, 6.07) is 1.48. The van der Waals surface area contributed by atoms with Gasteiger partial charge in [0.05, 0.1) is 5.56 Å². The number of rotatable bonds is 2. The van der Waals surface area contributed by atoms with Gasteiger partial charge in [-0.25, -0.2) is 0 Å². The second kappa shape index (κ2) is 6.15. The molecule has 3 heterocycles. The molecular weight excluding hydrogens is 280 g/mol. The maximum absolute atomic E-state index is 12.9. The molecule has 2 aliphatic heterocycles. The van der Waals surface area contributed by atoms with Gasteiger partial charge in [0.2, 0.25) is 5.91 Å². The number of hydrogen-bond donors (Lipinski definition) is 0. The van der Waals surface area contributed by atoms with Crippen molar-refractivity contribution >= 4 is 11.8 Å². The highest BCUT2D eigenvalue weighted by Crippen LogP contribution is 2.25. The number of amides is 2. The largest absolute Gasteiger partial charge is 0.466 e. The van der Waals surface area contributed by atoms with Crippen LogP contribution in [0.5, 0.6) is 0 Å². The lowest BCUT2D eigenvalue weighted by atomic mass is 9.99. The van der Waals surface area contributed by atoms with Crippen LogP contribution in [0.1, 0.15) is 54.0 Å². The molecule has 2 amide bonds. The van der Waals surface area contributed by atoms with E-state index in [1.54, 1.807) is 11.0 Å². The Bertz CT molecular complexity index is 572. The van der Waals surface area contributed by atoms with Crippen molar-refractivity contribution in [3.63, 3.8) is 0 Å². The zero-order valence-corrected chi connectivity index (χ0v) is 13.4. The summed E-state index contributed by atoms with van der Waals surface area (Å²) in [5, 5.41) is 0. The lowest BCUT2D eigenvalue weighted by Crippen LogP contribution is -2.52. The summed E-state index contributed by atoms with van der Waals surface area (Å²) < 4.78 is 5.48. The number of nitrogens with zero attached hydrogens (tertiary/aromatic N) is 2. The van der Waals surface area contributed by atoms with Crippen LogP contribution in [0.25, 0.3) is 0 Å². The Hall–Kier alpha value is -1.78. The Kier molecular flexibility index (Phi) is 4.23. The number of hydrogen-bond acceptors (Lipinski definition) is 3. The van der Waals surface area contributed by atoms with Gasteiger partial charge >= 0.3 is 0 Å². The van der Waals surface area contributed by atoms with Crippen LogP contribution in [-0.4, -0.2) is 47.3 Å². The minimum atomic E-state index is -0.297. The molecule has 5 heteroatoms. The first-order valence-corrected chi connectivity index (χ1v) is 8.24. The van der Waals surface area contributed by atoms with E-state index in [2.05, 4.69) is 0 Å². The standard InChI is InChI=1S/C17H24N2O3/c1-12-11-14(13(2)22-12)16(20)19-10-4-3-7-15(19)17(21)18-8-5-6-9-18/h11,15H,3-10H2,1-2H3. The molecule has 0 aromatic carbocycles. The van der Waals surface area contributed by atoms with Gasteiger partial charge in [-0.05, 0) is 52.0 Å². The van der Waals surface area contributed by atoms with Crippen LogP contribution in [0.15, 0.2) is 10.5 Å². The predicted octanol–water partition coefficient (Wildman–Crippen LogP) is 2.51. The van der Waals surface area contributed by atoms with E-state index in [9.17, 15) is 9.59 Å². The molecule has 3 rings (SSSR count). The van der Waals surface area contributed by atoms with Crippen molar-refractivity contribution < 1.29 is 14.0 Å². The third-order valence-electron chi connectivity index (χ3n) is 4.74. The van der Waals surface area contributed by atoms with E-state index in [0.717, 1.165) is 51.0 Å². The Balaban J connectivity index is 1.81. The van der Waals surface area contributed by atoms with Gasteiger partial charge in [0.1, 0.15) is 17.6 Å². The van der Waals surface area contributed by atoms with E-state index < -0.39 is 0 Å². The average Bonchev–Trinajstić information content (AvgIpc) is 3.15. The van der Waals surface area contributed by atoms with E-state index in [0.29, 0.717) is 17.9 Å². The summed E-state index contributed by atoms with van der Waals surface area (Å²) >= 11 is 0. The molecule has 1 atom stereocenters. The molecule has 2 saturated heterocycles. The van der Waals surface area contributed by atoms with Gasteiger partial charge in [0, 0.05) is 19.6 Å². The fraction of sp³-hybridized carbons (Fsp3) is 0.647. The van der Waals surface area contributed by atoms with Crippen molar-refractivity contribution in [2.45, 2.75) is 52.0 Å². The van der Waals surface area contributed by atoms with E-state index in [1.807, 2.05) is 18.7 Å². The smallest absolute Gasteiger partial charge is 0.258 e. The first kappa shape index (κ1) is 15.1. The molecule has 22 heavy (non-hydrogen) atoms. The Morgan fingerprint density at radius 1 is 1.09 bits per heavy atom. The van der Waals surface area contributed by atoms with Gasteiger partial charge in [-0.1, -0.05) is 0 Å². The molecule has 2 fully saturated rings. The molecule has 0 saturated carbocycles. The van der Waals surface area contributed by atoms with Crippen molar-refractivity contribution in [3.8, 4) is 0 Å². The maximum atomic E-state index is 12.9. The van der Waals surface area contributed by atoms with Gasteiger partial charge < -0.3 is 14.2 Å². The fourth-order valence-corrected chi connectivity index (χ4v) is 3.58. The van der Waals surface area contributed by atoms with E-state index in [4.69, 9.17) is 4.42 Å². The topological polar surface area (TPSA) is 53.8 Å². The van der Waals surface area contributed by atoms with Crippen molar-refractivity contribution in [1.29, 1.82) is 0 Å². The first-order valence-electron chi connectivity index (χ1n) is 8.24. The molecule has 1 aromatic heterocycles. The quantitative estimate of drug-likeness (QED) is 0.843. The summed E-state index contributed by atoms with van der Waals surface area (Å²) in [4.78, 5) is 29.3. The predicted molar refractivity (Wildman–Crippen MR) is 82.7 cm³/mol. The number of piperidine rings is 1. The van der Waals surface area contributed by atoms with Gasteiger partial charge in [-0.2, -0.15) is 0 Å². The Labute approximate surface area is 131 Å². The van der Waals surface area contributed by atoms with Crippen molar-refractivity contribution in [1.82, 2.24) is 9.80 Å². The Morgan fingerprint density at radius 2 is 1.77 bits per heavy atom. The van der Waals surface area contributed by atoms with Gasteiger partial charge in [0.15, 0.2) is 0 Å². The Morgan fingerprint density at radius 3 is 2.41 bits per heavy atom. The lowest BCUT2D eigenvalue weighted by Gasteiger charge is -2.36. The first-order chi connectivity index (χ1) is 10.6. The van der Waals surface area contributed by atoms with Crippen LogP contribution in [0.3, 0.4) is 0 Å². The highest BCUT2D eigenvalue weighted by atomic mass is 16.3. The molecule has 5 nitrogen and oxygen atoms in total. The maximum Gasteiger partial charge on any atom is 0.258 e. The van der Waals surface area contributed by atoms with Crippen molar-refractivity contribution in [3.05, 3.63) is 23.2 Å². The molecule has 1 aromatic rings. The molecule has 0 radical (unpaired) electrons. The van der Waals surface area contributed by atoms with Crippen LogP contribution in [0.4, 0.5) is 0 Å². The van der Waals surface area contributed by atoms with Gasteiger partial charge in [0.25, 0.3) is 5.91 Å². The third-order valence-corrected chi connectivity index (χ3v) is 4.74. The van der Waals surface area contributed by atoms with Crippen LogP contribution in [-0.2, 0) is 4.79 Å². The monoisotopic (exact) mass is 304 g/mol. The zero-order valence-electron chi connectivity index (χ0n) is 13.4. The summed E-state index contributed by atoms with van der Waals surface area (Å²) in [7, 11) is 0. The summed E-state index contributed by atoms with van der Waals surface area (Å²) in [5.41, 5.74) is 0.596. The molecule has 0 bridgehead atoms. The third kappa shape index (κ3) is 2.76. The minimum Gasteiger partial charge on any atom is -0.466 e. The number of carbonyl (C=O) groups is 2. The zero-order chi connectivity index (χ0) is 15.7.